The molecular formula is C10H11BrClNO3S. The fraction of sp³-hybridized carbons (Fsp3) is 0.400. The first-order valence-corrected chi connectivity index (χ1v) is 7.55. The van der Waals surface area contributed by atoms with Crippen molar-refractivity contribution in [2.24, 2.45) is 0 Å². The van der Waals surface area contributed by atoms with Crippen molar-refractivity contribution < 1.29 is 13.2 Å². The van der Waals surface area contributed by atoms with Crippen molar-refractivity contribution >= 4 is 37.6 Å². The lowest BCUT2D eigenvalue weighted by Gasteiger charge is -2.16. The monoisotopic (exact) mass is 339 g/mol. The Labute approximate surface area is 114 Å². The van der Waals surface area contributed by atoms with Crippen LogP contribution in [0.3, 0.4) is 0 Å². The minimum atomic E-state index is -3.54. The van der Waals surface area contributed by atoms with E-state index in [-0.39, 0.29) is 16.0 Å². The summed E-state index contributed by atoms with van der Waals surface area (Å²) < 4.78 is 31.4. The molecular weight excluding hydrogens is 330 g/mol. The van der Waals surface area contributed by atoms with Gasteiger partial charge in [-0.05, 0) is 18.2 Å². The van der Waals surface area contributed by atoms with Gasteiger partial charge in [-0.3, -0.25) is 0 Å². The summed E-state index contributed by atoms with van der Waals surface area (Å²) in [5.74, 6) is 0. The number of hydrogen-bond acceptors (Lipinski definition) is 3. The summed E-state index contributed by atoms with van der Waals surface area (Å²) in [7, 11) is -2.02. The second-order valence-corrected chi connectivity index (χ2v) is 7.15. The smallest absolute Gasteiger partial charge is 0.244 e. The van der Waals surface area contributed by atoms with Crippen LogP contribution in [0, 0.1) is 0 Å². The lowest BCUT2D eigenvalue weighted by Crippen LogP contribution is -2.30. The molecule has 7 heteroatoms. The van der Waals surface area contributed by atoms with Crippen molar-refractivity contribution in [2.45, 2.75) is 11.0 Å². The minimum Gasteiger partial charge on any atom is -0.372 e. The molecule has 1 aliphatic heterocycles. The molecule has 1 aromatic rings. The van der Waals surface area contributed by atoms with Crippen LogP contribution in [0.2, 0.25) is 5.02 Å². The van der Waals surface area contributed by atoms with Gasteiger partial charge in [0, 0.05) is 18.1 Å². The largest absolute Gasteiger partial charge is 0.372 e. The van der Waals surface area contributed by atoms with Gasteiger partial charge in [-0.15, -0.1) is 0 Å². The van der Waals surface area contributed by atoms with Gasteiger partial charge in [0.2, 0.25) is 10.0 Å². The average Bonchev–Trinajstić information content (AvgIpc) is 3.00. The van der Waals surface area contributed by atoms with E-state index in [1.54, 1.807) is 12.1 Å². The van der Waals surface area contributed by atoms with Crippen LogP contribution in [-0.2, 0) is 14.8 Å². The molecule has 0 aromatic heterocycles. The molecule has 94 valence electrons. The van der Waals surface area contributed by atoms with E-state index < -0.39 is 10.0 Å². The van der Waals surface area contributed by atoms with Crippen LogP contribution in [0.4, 0.5) is 0 Å². The van der Waals surface area contributed by atoms with Gasteiger partial charge in [-0.2, -0.15) is 4.31 Å². The molecule has 0 unspecified atom stereocenters. The molecule has 0 amide bonds. The van der Waals surface area contributed by atoms with Gasteiger partial charge >= 0.3 is 0 Å². The molecule has 4 nitrogen and oxygen atoms in total. The Kier molecular flexibility index (Phi) is 3.80. The number of benzene rings is 1. The Morgan fingerprint density at radius 2 is 2.24 bits per heavy atom. The van der Waals surface area contributed by atoms with Crippen molar-refractivity contribution in [2.75, 3.05) is 20.2 Å². The molecule has 1 fully saturated rings. The van der Waals surface area contributed by atoms with E-state index in [2.05, 4.69) is 15.9 Å². The maximum Gasteiger partial charge on any atom is 0.244 e. The molecule has 0 aliphatic carbocycles. The van der Waals surface area contributed by atoms with Crippen LogP contribution < -0.4 is 0 Å². The maximum atomic E-state index is 12.2. The lowest BCUT2D eigenvalue weighted by molar-refractivity contribution is 0.359. The average molecular weight is 341 g/mol. The standard InChI is InChI=1S/C10H11BrClNO3S/c1-13(5-8-6-16-8)17(14,15)10-3-2-7(11)4-9(10)12/h2-4,8H,5-6H2,1H3/t8-/m0/s1. The molecule has 1 aliphatic rings. The summed E-state index contributed by atoms with van der Waals surface area (Å²) >= 11 is 9.18. The first kappa shape index (κ1) is 13.3. The zero-order chi connectivity index (χ0) is 12.6. The predicted octanol–water partition coefficient (Wildman–Crippen LogP) is 2.12. The van der Waals surface area contributed by atoms with Crippen LogP contribution in [0.1, 0.15) is 0 Å². The molecule has 1 heterocycles. The third-order valence-corrected chi connectivity index (χ3v) is 5.24. The van der Waals surface area contributed by atoms with Crippen LogP contribution in [0.25, 0.3) is 0 Å². The Balaban J connectivity index is 2.29. The summed E-state index contributed by atoms with van der Waals surface area (Å²) in [4.78, 5) is 0.116. The van der Waals surface area contributed by atoms with Crippen molar-refractivity contribution in [3.63, 3.8) is 0 Å². The molecule has 1 saturated heterocycles. The van der Waals surface area contributed by atoms with Crippen molar-refractivity contribution in [1.82, 2.24) is 4.31 Å². The summed E-state index contributed by atoms with van der Waals surface area (Å²) in [5, 5.41) is 0.211. The predicted molar refractivity (Wildman–Crippen MR) is 68.7 cm³/mol. The first-order valence-electron chi connectivity index (χ1n) is 4.94. The van der Waals surface area contributed by atoms with Gasteiger partial charge in [0.05, 0.1) is 17.7 Å². The molecule has 17 heavy (non-hydrogen) atoms. The SMILES string of the molecule is CN(C[C@H]1CO1)S(=O)(=O)c1ccc(Br)cc1Cl. The third kappa shape index (κ3) is 3.00. The zero-order valence-electron chi connectivity index (χ0n) is 9.06. The number of ether oxygens (including phenoxy) is 1. The van der Waals surface area contributed by atoms with E-state index in [1.807, 2.05) is 0 Å². The molecule has 0 bridgehead atoms. The quantitative estimate of drug-likeness (QED) is 0.789. The molecule has 0 saturated carbocycles. The van der Waals surface area contributed by atoms with E-state index >= 15 is 0 Å². The second-order valence-electron chi connectivity index (χ2n) is 3.82. The summed E-state index contributed by atoms with van der Waals surface area (Å²) in [6.45, 7) is 0.975. The number of hydrogen-bond donors (Lipinski definition) is 0. The highest BCUT2D eigenvalue weighted by atomic mass is 79.9. The Bertz CT molecular complexity index is 530. The Morgan fingerprint density at radius 3 is 2.76 bits per heavy atom. The summed E-state index contributed by atoms with van der Waals surface area (Å²) in [6.07, 6.45) is 0.0176. The van der Waals surface area contributed by atoms with Crippen molar-refractivity contribution in [3.05, 3.63) is 27.7 Å². The van der Waals surface area contributed by atoms with E-state index in [9.17, 15) is 8.42 Å². The number of halogens is 2. The van der Waals surface area contributed by atoms with E-state index in [4.69, 9.17) is 16.3 Å². The number of rotatable bonds is 4. The Hall–Kier alpha value is -0.140. The topological polar surface area (TPSA) is 49.9 Å². The normalized spacial score (nSPS) is 19.6. The van der Waals surface area contributed by atoms with Crippen molar-refractivity contribution in [1.29, 1.82) is 0 Å². The summed E-state index contributed by atoms with van der Waals surface area (Å²) in [5.41, 5.74) is 0. The van der Waals surface area contributed by atoms with Gasteiger partial charge < -0.3 is 4.74 Å². The highest BCUT2D eigenvalue weighted by molar-refractivity contribution is 9.10. The summed E-state index contributed by atoms with van der Waals surface area (Å²) in [6, 6.07) is 4.71. The molecule has 0 N–H and O–H groups in total. The van der Waals surface area contributed by atoms with E-state index in [0.29, 0.717) is 13.2 Å². The molecule has 0 radical (unpaired) electrons. The van der Waals surface area contributed by atoms with E-state index in [1.165, 1.54) is 17.4 Å². The van der Waals surface area contributed by atoms with Gasteiger partial charge in [-0.25, -0.2) is 8.42 Å². The van der Waals surface area contributed by atoms with Crippen LogP contribution >= 0.6 is 27.5 Å². The number of likely N-dealkylation sites (N-methyl/N-ethyl adjacent to an activating group) is 1. The zero-order valence-corrected chi connectivity index (χ0v) is 12.2. The van der Waals surface area contributed by atoms with Gasteiger partial charge in [-0.1, -0.05) is 27.5 Å². The lowest BCUT2D eigenvalue weighted by atomic mass is 10.4. The van der Waals surface area contributed by atoms with Crippen molar-refractivity contribution in [3.8, 4) is 0 Å². The van der Waals surface area contributed by atoms with Gasteiger partial charge in [0.15, 0.2) is 0 Å². The molecule has 0 spiro atoms. The molecule has 2 rings (SSSR count). The fourth-order valence-electron chi connectivity index (χ4n) is 1.41. The second kappa shape index (κ2) is 4.85. The fourth-order valence-corrected chi connectivity index (χ4v) is 3.62. The highest BCUT2D eigenvalue weighted by Gasteiger charge is 2.31. The van der Waals surface area contributed by atoms with Gasteiger partial charge in [0.1, 0.15) is 4.90 Å². The first-order chi connectivity index (χ1) is 7.91. The third-order valence-electron chi connectivity index (χ3n) is 2.45. The molecule has 1 aromatic carbocycles. The molecule has 1 atom stereocenters. The number of sulfonamides is 1. The Morgan fingerprint density at radius 1 is 1.59 bits per heavy atom. The van der Waals surface area contributed by atoms with Crippen LogP contribution in [0.5, 0.6) is 0 Å². The van der Waals surface area contributed by atoms with Crippen LogP contribution in [-0.4, -0.2) is 39.0 Å². The van der Waals surface area contributed by atoms with E-state index in [0.717, 1.165) is 4.47 Å². The van der Waals surface area contributed by atoms with Crippen LogP contribution in [0.15, 0.2) is 27.6 Å². The maximum absolute atomic E-state index is 12.2. The minimum absolute atomic E-state index is 0.0176. The number of epoxide rings is 1. The number of nitrogens with zero attached hydrogens (tertiary/aromatic N) is 1. The van der Waals surface area contributed by atoms with Gasteiger partial charge in [0.25, 0.3) is 0 Å². The highest BCUT2D eigenvalue weighted by Crippen LogP contribution is 2.27.